The Morgan fingerprint density at radius 1 is 0.615 bits per heavy atom. The molecule has 3 heteroatoms. The minimum absolute atomic E-state index is 0.232. The van der Waals surface area contributed by atoms with E-state index >= 15 is 0 Å². The van der Waals surface area contributed by atoms with Gasteiger partial charge in [0.15, 0.2) is 0 Å². The van der Waals surface area contributed by atoms with E-state index in [0.29, 0.717) is 11.8 Å². The number of nitrogens with zero attached hydrogens (tertiary/aromatic N) is 2. The number of para-hydroxylation sites is 2. The van der Waals surface area contributed by atoms with Gasteiger partial charge in [0.25, 0.3) is 0 Å². The van der Waals surface area contributed by atoms with Crippen molar-refractivity contribution in [1.82, 2.24) is 0 Å². The van der Waals surface area contributed by atoms with Crippen molar-refractivity contribution in [3.05, 3.63) is 198 Å². The number of ether oxygens (including phenoxy) is 1. The van der Waals surface area contributed by atoms with Gasteiger partial charge in [-0.1, -0.05) is 109 Å². The second kappa shape index (κ2) is 15.5. The molecule has 0 bridgehead atoms. The number of benzene rings is 3. The van der Waals surface area contributed by atoms with Gasteiger partial charge in [0, 0.05) is 58.8 Å². The SMILES string of the molecule is CC1(OC2=CC=C(N(C3=CCC(C4=CCCC=C4)C=C3)c3ccc(C4C=CC=CC4)cc3)CC2)CC=C(N(c2ccccc2)c2ccccc2)CC1. The van der Waals surface area contributed by atoms with E-state index in [2.05, 4.69) is 181 Å². The molecule has 8 rings (SSSR count). The quantitative estimate of drug-likeness (QED) is 0.212. The Kier molecular flexibility index (Phi) is 10.1. The Balaban J connectivity index is 1.01. The molecule has 0 heterocycles. The largest absolute Gasteiger partial charge is 0.492 e. The Bertz CT molecular complexity index is 1960. The van der Waals surface area contributed by atoms with Gasteiger partial charge in [-0.25, -0.2) is 0 Å². The van der Waals surface area contributed by atoms with Crippen LogP contribution < -0.4 is 9.80 Å². The summed E-state index contributed by atoms with van der Waals surface area (Å²) in [6, 6.07) is 30.7. The molecular formula is C49H50N2O. The van der Waals surface area contributed by atoms with Gasteiger partial charge in [0.1, 0.15) is 5.60 Å². The molecular weight excluding hydrogens is 633 g/mol. The van der Waals surface area contributed by atoms with Crippen LogP contribution >= 0.6 is 0 Å². The van der Waals surface area contributed by atoms with E-state index in [0.717, 1.165) is 63.5 Å². The Hall–Kier alpha value is -5.28. The third kappa shape index (κ3) is 7.65. The summed E-state index contributed by atoms with van der Waals surface area (Å²) in [6.45, 7) is 2.28. The van der Waals surface area contributed by atoms with Crippen LogP contribution in [0.1, 0.15) is 76.2 Å². The lowest BCUT2D eigenvalue weighted by atomic mass is 9.87. The van der Waals surface area contributed by atoms with Crippen molar-refractivity contribution < 1.29 is 4.74 Å². The van der Waals surface area contributed by atoms with Crippen LogP contribution in [0.5, 0.6) is 0 Å². The fourth-order valence-electron chi connectivity index (χ4n) is 8.17. The maximum Gasteiger partial charge on any atom is 0.110 e. The molecule has 0 aromatic heterocycles. The van der Waals surface area contributed by atoms with Crippen LogP contribution in [0.4, 0.5) is 17.1 Å². The van der Waals surface area contributed by atoms with Crippen LogP contribution in [-0.2, 0) is 4.74 Å². The highest BCUT2D eigenvalue weighted by molar-refractivity contribution is 5.68. The van der Waals surface area contributed by atoms with Gasteiger partial charge in [0.05, 0.1) is 5.76 Å². The van der Waals surface area contributed by atoms with Gasteiger partial charge in [-0.2, -0.15) is 0 Å². The third-order valence-electron chi connectivity index (χ3n) is 11.1. The van der Waals surface area contributed by atoms with E-state index in [9.17, 15) is 0 Å². The van der Waals surface area contributed by atoms with Gasteiger partial charge < -0.3 is 14.5 Å². The number of anilines is 3. The normalized spacial score (nSPS) is 23.9. The lowest BCUT2D eigenvalue weighted by Gasteiger charge is -2.39. The predicted molar refractivity (Wildman–Crippen MR) is 218 cm³/mol. The molecule has 3 nitrogen and oxygen atoms in total. The van der Waals surface area contributed by atoms with E-state index < -0.39 is 0 Å². The number of hydrogen-bond donors (Lipinski definition) is 0. The molecule has 52 heavy (non-hydrogen) atoms. The first-order valence-electron chi connectivity index (χ1n) is 19.3. The van der Waals surface area contributed by atoms with Crippen molar-refractivity contribution in [3.8, 4) is 0 Å². The Morgan fingerprint density at radius 2 is 1.38 bits per heavy atom. The molecule has 0 N–H and O–H groups in total. The predicted octanol–water partition coefficient (Wildman–Crippen LogP) is 13.1. The minimum Gasteiger partial charge on any atom is -0.492 e. The fraction of sp³-hybridized carbons (Fsp3) is 0.265. The van der Waals surface area contributed by atoms with Crippen molar-refractivity contribution in [2.45, 2.75) is 76.2 Å². The maximum atomic E-state index is 6.88. The zero-order valence-electron chi connectivity index (χ0n) is 30.4. The molecule has 3 aromatic carbocycles. The molecule has 0 saturated carbocycles. The summed E-state index contributed by atoms with van der Waals surface area (Å²) in [6.07, 6.45) is 39.1. The molecule has 0 amide bonds. The number of hydrogen-bond acceptors (Lipinski definition) is 3. The zero-order chi connectivity index (χ0) is 35.2. The van der Waals surface area contributed by atoms with Crippen LogP contribution in [-0.4, -0.2) is 5.60 Å². The first kappa shape index (κ1) is 33.8. The smallest absolute Gasteiger partial charge is 0.110 e. The van der Waals surface area contributed by atoms with Crippen LogP contribution in [0, 0.1) is 5.92 Å². The molecule has 0 saturated heterocycles. The summed E-state index contributed by atoms with van der Waals surface area (Å²) in [4.78, 5) is 4.88. The Morgan fingerprint density at radius 3 is 1.98 bits per heavy atom. The fourth-order valence-corrected chi connectivity index (χ4v) is 8.17. The van der Waals surface area contributed by atoms with Gasteiger partial charge in [-0.15, -0.1) is 0 Å². The molecule has 0 radical (unpaired) electrons. The highest BCUT2D eigenvalue weighted by Crippen LogP contribution is 2.41. The number of rotatable bonds is 10. The molecule has 5 aliphatic carbocycles. The topological polar surface area (TPSA) is 15.7 Å². The van der Waals surface area contributed by atoms with E-state index in [1.54, 1.807) is 0 Å². The van der Waals surface area contributed by atoms with Crippen molar-refractivity contribution in [2.24, 2.45) is 5.92 Å². The molecule has 0 spiro atoms. The first-order chi connectivity index (χ1) is 25.6. The Labute approximate surface area is 310 Å². The highest BCUT2D eigenvalue weighted by Gasteiger charge is 2.32. The summed E-state index contributed by atoms with van der Waals surface area (Å²) in [5.41, 5.74) is 10.1. The number of allylic oxidation sites excluding steroid dienone is 16. The summed E-state index contributed by atoms with van der Waals surface area (Å²) in [5, 5.41) is 0. The van der Waals surface area contributed by atoms with Crippen molar-refractivity contribution in [2.75, 3.05) is 9.80 Å². The van der Waals surface area contributed by atoms with Crippen LogP contribution in [0.25, 0.3) is 0 Å². The van der Waals surface area contributed by atoms with E-state index in [-0.39, 0.29) is 5.60 Å². The molecule has 5 aliphatic rings. The highest BCUT2D eigenvalue weighted by atomic mass is 16.5. The van der Waals surface area contributed by atoms with E-state index in [1.165, 1.54) is 45.3 Å². The van der Waals surface area contributed by atoms with Crippen LogP contribution in [0.3, 0.4) is 0 Å². The summed E-state index contributed by atoms with van der Waals surface area (Å²) in [7, 11) is 0. The molecule has 3 atom stereocenters. The summed E-state index contributed by atoms with van der Waals surface area (Å²) < 4.78 is 6.88. The van der Waals surface area contributed by atoms with E-state index in [1.807, 2.05) is 0 Å². The van der Waals surface area contributed by atoms with Crippen molar-refractivity contribution in [1.29, 1.82) is 0 Å². The van der Waals surface area contributed by atoms with Gasteiger partial charge in [0.2, 0.25) is 0 Å². The van der Waals surface area contributed by atoms with Crippen LogP contribution in [0.15, 0.2) is 192 Å². The van der Waals surface area contributed by atoms with E-state index in [4.69, 9.17) is 4.74 Å². The van der Waals surface area contributed by atoms with Gasteiger partial charge in [-0.3, -0.25) is 0 Å². The van der Waals surface area contributed by atoms with Gasteiger partial charge >= 0.3 is 0 Å². The zero-order valence-corrected chi connectivity index (χ0v) is 30.4. The molecule has 262 valence electrons. The van der Waals surface area contributed by atoms with Gasteiger partial charge in [-0.05, 0) is 118 Å². The molecule has 0 fully saturated rings. The standard InChI is InChI=1S/C49H50N2O/c1-49(36-34-47(35-37-49)50(42-18-10-4-11-19-42)43-20-12-5-13-21-43)52-48-32-30-46(31-33-48)51(44-26-22-40(23-27-44)38-14-6-2-7-15-38)45-28-24-41(25-29-45)39-16-8-3-9-17-39/h2,4-8,10-14,16-24,26-30,32,34,38,41H,3,9,15,25,31,33,35-37H2,1H3. The average molecular weight is 683 g/mol. The first-order valence-corrected chi connectivity index (χ1v) is 19.3. The molecule has 3 aromatic rings. The monoisotopic (exact) mass is 682 g/mol. The second-order valence-electron chi connectivity index (χ2n) is 14.8. The average Bonchev–Trinajstić information content (AvgIpc) is 3.22. The van der Waals surface area contributed by atoms with Crippen molar-refractivity contribution in [3.63, 3.8) is 0 Å². The van der Waals surface area contributed by atoms with Crippen LogP contribution in [0.2, 0.25) is 0 Å². The second-order valence-corrected chi connectivity index (χ2v) is 14.8. The summed E-state index contributed by atoms with van der Waals surface area (Å²) in [5.74, 6) is 1.99. The minimum atomic E-state index is -0.232. The summed E-state index contributed by atoms with van der Waals surface area (Å²) >= 11 is 0. The lowest BCUT2D eigenvalue weighted by Crippen LogP contribution is -2.33. The maximum absolute atomic E-state index is 6.88. The molecule has 0 aliphatic heterocycles. The lowest BCUT2D eigenvalue weighted by molar-refractivity contribution is 0.00467. The third-order valence-corrected chi connectivity index (χ3v) is 11.1. The van der Waals surface area contributed by atoms with Crippen molar-refractivity contribution >= 4 is 17.1 Å². The molecule has 3 unspecified atom stereocenters.